The summed E-state index contributed by atoms with van der Waals surface area (Å²) in [5, 5.41) is 20.2. The summed E-state index contributed by atoms with van der Waals surface area (Å²) in [7, 11) is 0. The molecule has 5 N–H and O–H groups in total. The zero-order valence-electron chi connectivity index (χ0n) is 25.4. The van der Waals surface area contributed by atoms with E-state index in [2.05, 4.69) is 55.3 Å². The van der Waals surface area contributed by atoms with Gasteiger partial charge >= 0.3 is 31.1 Å². The van der Waals surface area contributed by atoms with Crippen molar-refractivity contribution in [1.29, 1.82) is 0 Å². The molecule has 1 aliphatic heterocycles. The Kier molecular flexibility index (Phi) is 14.0. The number of carbonyl (C=O) groups is 2. The largest absolute Gasteiger partial charge is 2.00 e. The first-order chi connectivity index (χ1) is 20.6. The summed E-state index contributed by atoms with van der Waals surface area (Å²) >= 11 is 3.73. The van der Waals surface area contributed by atoms with Gasteiger partial charge in [-0.05, 0) is 42.9 Å². The second-order valence-electron chi connectivity index (χ2n) is 11.0. The number of aliphatic hydroxyl groups is 1. The SMILES string of the molecule is [CH2-]c1ccccc1[C-]1c2ccc(NI)cc2Oc2cc(NC(O)C(CCSC)NC(=O)[C@H](CC(C)C)NC(C)=O)ccc21.[U+2]. The molecule has 232 valence electrons. The maximum atomic E-state index is 13.2. The van der Waals surface area contributed by atoms with Crippen LogP contribution in [-0.2, 0) is 9.59 Å². The van der Waals surface area contributed by atoms with Crippen LogP contribution < -0.4 is 24.2 Å². The first kappa shape index (κ1) is 36.3. The van der Waals surface area contributed by atoms with Crippen molar-refractivity contribution in [3.8, 4) is 11.5 Å². The Morgan fingerprint density at radius 2 is 1.64 bits per heavy atom. The number of benzene rings is 3. The first-order valence-electron chi connectivity index (χ1n) is 14.2. The van der Waals surface area contributed by atoms with Crippen molar-refractivity contribution >= 4 is 57.8 Å². The molecule has 2 unspecified atom stereocenters. The van der Waals surface area contributed by atoms with E-state index in [-0.39, 0.29) is 48.8 Å². The molecule has 0 bridgehead atoms. The van der Waals surface area contributed by atoms with E-state index < -0.39 is 18.3 Å². The van der Waals surface area contributed by atoms with Crippen molar-refractivity contribution in [3.63, 3.8) is 0 Å². The fourth-order valence-corrected chi connectivity index (χ4v) is 5.97. The fraction of sp³-hybridized carbons (Fsp3) is 0.333. The van der Waals surface area contributed by atoms with Gasteiger partial charge in [0, 0.05) is 18.3 Å². The number of thioether (sulfide) groups is 1. The molecule has 0 fully saturated rings. The van der Waals surface area contributed by atoms with Crippen molar-refractivity contribution in [3.05, 3.63) is 95.8 Å². The number of hydrogen-bond donors (Lipinski definition) is 5. The van der Waals surface area contributed by atoms with Crippen LogP contribution in [0.15, 0.2) is 60.7 Å². The molecule has 0 saturated heterocycles. The Hall–Kier alpha value is -2.17. The van der Waals surface area contributed by atoms with Gasteiger partial charge in [0.25, 0.3) is 0 Å². The number of halogens is 1. The van der Waals surface area contributed by atoms with Gasteiger partial charge in [-0.2, -0.15) is 29.5 Å². The van der Waals surface area contributed by atoms with E-state index in [1.165, 1.54) is 6.92 Å². The molecule has 0 saturated carbocycles. The van der Waals surface area contributed by atoms with E-state index in [9.17, 15) is 14.7 Å². The summed E-state index contributed by atoms with van der Waals surface area (Å²) in [4.78, 5) is 25.0. The number of fused-ring (bicyclic) bond motifs is 2. The van der Waals surface area contributed by atoms with Gasteiger partial charge in [-0.1, -0.05) is 49.2 Å². The van der Waals surface area contributed by atoms with Crippen molar-refractivity contribution in [2.75, 3.05) is 20.9 Å². The Morgan fingerprint density at radius 1 is 1.00 bits per heavy atom. The Bertz CT molecular complexity index is 1440. The quantitative estimate of drug-likeness (QED) is 0.0465. The number of hydrogen-bond acceptors (Lipinski definition) is 7. The van der Waals surface area contributed by atoms with Gasteiger partial charge in [-0.15, -0.1) is 18.1 Å². The first-order valence-corrected chi connectivity index (χ1v) is 16.7. The molecule has 0 spiro atoms. The molecule has 1 heterocycles. The van der Waals surface area contributed by atoms with E-state index in [4.69, 9.17) is 4.74 Å². The van der Waals surface area contributed by atoms with Crippen molar-refractivity contribution < 1.29 is 50.5 Å². The average Bonchev–Trinajstić information content (AvgIpc) is 2.97. The molecule has 0 radical (unpaired) electrons. The number of carbonyl (C=O) groups excluding carboxylic acids is 2. The van der Waals surface area contributed by atoms with Crippen molar-refractivity contribution in [1.82, 2.24) is 10.6 Å². The van der Waals surface area contributed by atoms with E-state index in [0.717, 1.165) is 39.6 Å². The van der Waals surface area contributed by atoms with Crippen LogP contribution in [0.3, 0.4) is 0 Å². The molecule has 44 heavy (non-hydrogen) atoms. The zero-order chi connectivity index (χ0) is 31.1. The van der Waals surface area contributed by atoms with E-state index in [1.54, 1.807) is 11.8 Å². The van der Waals surface area contributed by atoms with Crippen LogP contribution >= 0.6 is 34.6 Å². The van der Waals surface area contributed by atoms with Crippen LogP contribution in [0.2, 0.25) is 0 Å². The molecular weight excluding hydrogens is 913 g/mol. The topological polar surface area (TPSA) is 112 Å². The summed E-state index contributed by atoms with van der Waals surface area (Å²) in [6, 6.07) is 18.5. The van der Waals surface area contributed by atoms with E-state index in [0.29, 0.717) is 30.0 Å². The molecular formula is C33H39IN4O4SU. The van der Waals surface area contributed by atoms with Gasteiger partial charge in [0.15, 0.2) is 0 Å². The monoisotopic (exact) mass is 952 g/mol. The maximum Gasteiger partial charge on any atom is 2.00 e. The minimum atomic E-state index is -1.08. The molecule has 4 rings (SSSR count). The third-order valence-corrected chi connectivity index (χ3v) is 8.44. The van der Waals surface area contributed by atoms with Crippen LogP contribution in [0.4, 0.5) is 11.4 Å². The van der Waals surface area contributed by atoms with Gasteiger partial charge in [-0.3, -0.25) is 9.59 Å². The van der Waals surface area contributed by atoms with Crippen LogP contribution in [0.5, 0.6) is 11.5 Å². The van der Waals surface area contributed by atoms with E-state index >= 15 is 0 Å². The second kappa shape index (κ2) is 16.9. The number of anilines is 2. The third kappa shape index (κ3) is 9.19. The standard InChI is InChI=1S/C33H39IN4O4S.U/c1-19(2)16-28(35-21(4)39)33(41)37-27(14-15-43-5)32(40)36-22-10-12-25-29(17-22)42-30-18-23(38-34)11-13-26(30)31(25)24-9-7-6-8-20(24)3;/h6-13,17-19,27-28,32,36,38,40H,3,14-16H2,1-2,4-5H3,(H,35,39)(H,37,41);/q-2;+2/t27?,28-,32?;/m0./s1. The Morgan fingerprint density at radius 3 is 2.23 bits per heavy atom. The van der Waals surface area contributed by atoms with Gasteiger partial charge in [0.05, 0.1) is 40.4 Å². The summed E-state index contributed by atoms with van der Waals surface area (Å²) in [5.74, 6) is 2.73. The average molecular weight is 953 g/mol. The number of aliphatic hydroxyl groups excluding tert-OH is 1. The Labute approximate surface area is 302 Å². The zero-order valence-corrected chi connectivity index (χ0v) is 32.5. The second-order valence-corrected chi connectivity index (χ2v) is 12.5. The van der Waals surface area contributed by atoms with Crippen molar-refractivity contribution in [2.24, 2.45) is 5.92 Å². The molecule has 3 aromatic rings. The molecule has 3 aromatic carbocycles. The smallest absolute Gasteiger partial charge is 0.506 e. The van der Waals surface area contributed by atoms with Gasteiger partial charge < -0.3 is 29.3 Å². The molecule has 0 aliphatic carbocycles. The molecule has 8 nitrogen and oxygen atoms in total. The third-order valence-electron chi connectivity index (χ3n) is 7.18. The summed E-state index contributed by atoms with van der Waals surface area (Å²) < 4.78 is 9.55. The van der Waals surface area contributed by atoms with Crippen LogP contribution in [-0.4, -0.2) is 47.2 Å². The van der Waals surface area contributed by atoms with Crippen LogP contribution in [0.1, 0.15) is 55.9 Å². The molecule has 0 aromatic heterocycles. The fourth-order valence-electron chi connectivity index (χ4n) is 5.15. The molecule has 2 amide bonds. The number of ether oxygens (including phenoxy) is 1. The van der Waals surface area contributed by atoms with Crippen LogP contribution in [0.25, 0.3) is 0 Å². The molecule has 1 aliphatic rings. The summed E-state index contributed by atoms with van der Waals surface area (Å²) in [6.45, 7) is 9.66. The summed E-state index contributed by atoms with van der Waals surface area (Å²) in [6.07, 6.45) is 1.93. The van der Waals surface area contributed by atoms with E-state index in [1.807, 2.05) is 74.7 Å². The number of rotatable bonds is 13. The van der Waals surface area contributed by atoms with Gasteiger partial charge in [-0.25, -0.2) is 12.5 Å². The predicted molar refractivity (Wildman–Crippen MR) is 184 cm³/mol. The minimum Gasteiger partial charge on any atom is -0.506 e. The summed E-state index contributed by atoms with van der Waals surface area (Å²) in [5.41, 5.74) is 5.36. The molecule has 11 heteroatoms. The maximum absolute atomic E-state index is 13.2. The van der Waals surface area contributed by atoms with Gasteiger partial charge in [0.2, 0.25) is 11.8 Å². The van der Waals surface area contributed by atoms with Crippen molar-refractivity contribution in [2.45, 2.75) is 51.9 Å². The van der Waals surface area contributed by atoms with Crippen LogP contribution in [0, 0.1) is 49.9 Å². The Balaban J connectivity index is 0.00000529. The number of amides is 2. The van der Waals surface area contributed by atoms with Gasteiger partial charge in [0.1, 0.15) is 12.3 Å². The molecule has 3 atom stereocenters. The number of nitrogens with one attached hydrogen (secondary N) is 4. The minimum absolute atomic E-state index is 0. The predicted octanol–water partition coefficient (Wildman–Crippen LogP) is 6.27. The normalized spacial score (nSPS) is 13.8.